The summed E-state index contributed by atoms with van der Waals surface area (Å²) in [5.74, 6) is 0.423. The van der Waals surface area contributed by atoms with Gasteiger partial charge in [0.2, 0.25) is 0 Å². The first-order valence-electron chi connectivity index (χ1n) is 9.58. The van der Waals surface area contributed by atoms with Crippen molar-refractivity contribution in [1.82, 2.24) is 14.5 Å². The molecule has 0 radical (unpaired) electrons. The molecule has 4 aromatic rings. The lowest BCUT2D eigenvalue weighted by Gasteiger charge is -2.11. The van der Waals surface area contributed by atoms with E-state index in [9.17, 15) is 9.59 Å². The van der Waals surface area contributed by atoms with Gasteiger partial charge in [-0.25, -0.2) is 9.97 Å². The van der Waals surface area contributed by atoms with E-state index >= 15 is 0 Å². The monoisotopic (exact) mass is 429 g/mol. The van der Waals surface area contributed by atoms with Crippen LogP contribution in [0.2, 0.25) is 0 Å². The molecule has 0 atom stereocenters. The number of thiazole rings is 1. The summed E-state index contributed by atoms with van der Waals surface area (Å²) in [6.07, 6.45) is 7.93. The van der Waals surface area contributed by atoms with Crippen LogP contribution in [0, 0.1) is 6.92 Å². The quantitative estimate of drug-likeness (QED) is 0.405. The third-order valence-corrected chi connectivity index (χ3v) is 5.51. The summed E-state index contributed by atoms with van der Waals surface area (Å²) in [5.41, 5.74) is 3.86. The number of carbonyl (C=O) groups is 1. The van der Waals surface area contributed by atoms with E-state index in [-0.39, 0.29) is 18.1 Å². The number of hydrogen-bond acceptors (Lipinski definition) is 6. The van der Waals surface area contributed by atoms with E-state index in [0.29, 0.717) is 16.7 Å². The van der Waals surface area contributed by atoms with Gasteiger partial charge < -0.3 is 4.74 Å². The fraction of sp³-hybridized carbons (Fsp3) is 0.0833. The predicted molar refractivity (Wildman–Crippen MR) is 123 cm³/mol. The molecule has 7 heteroatoms. The molecular formula is C24H19N3O3S. The summed E-state index contributed by atoms with van der Waals surface area (Å²) >= 11 is 1.49. The average Bonchev–Trinajstić information content (AvgIpc) is 3.21. The number of aryl methyl sites for hydroxylation is 1. The Kier molecular flexibility index (Phi) is 6.14. The fourth-order valence-electron chi connectivity index (χ4n) is 2.94. The lowest BCUT2D eigenvalue weighted by Crippen LogP contribution is -2.23. The number of fused-ring (bicyclic) bond motifs is 1. The van der Waals surface area contributed by atoms with Crippen molar-refractivity contribution >= 4 is 40.2 Å². The summed E-state index contributed by atoms with van der Waals surface area (Å²) in [5, 5.41) is 0.537. The molecule has 0 aliphatic rings. The van der Waals surface area contributed by atoms with E-state index in [1.807, 2.05) is 31.2 Å². The molecule has 0 saturated carbocycles. The minimum atomic E-state index is -0.169. The van der Waals surface area contributed by atoms with Crippen molar-refractivity contribution in [2.75, 3.05) is 0 Å². The number of aromatic nitrogens is 3. The maximum Gasteiger partial charge on any atom is 0.263 e. The minimum absolute atomic E-state index is 0.0139. The first-order chi connectivity index (χ1) is 15.1. The van der Waals surface area contributed by atoms with Crippen molar-refractivity contribution in [2.24, 2.45) is 0 Å². The summed E-state index contributed by atoms with van der Waals surface area (Å²) in [7, 11) is 0. The second kappa shape index (κ2) is 9.32. The molecule has 2 aromatic heterocycles. The first-order valence-corrected chi connectivity index (χ1v) is 10.5. The van der Waals surface area contributed by atoms with Crippen LogP contribution in [0.3, 0.4) is 0 Å². The molecule has 4 rings (SSSR count). The number of ether oxygens (including phenoxy) is 1. The number of benzene rings is 2. The Morgan fingerprint density at radius 2 is 1.84 bits per heavy atom. The number of rotatable bonds is 7. The highest BCUT2D eigenvalue weighted by molar-refractivity contribution is 7.10. The number of carbonyl (C=O) groups excluding carboxylic acids is 1. The number of allylic oxidation sites excluding steroid dienone is 2. The number of ketones is 1. The summed E-state index contributed by atoms with van der Waals surface area (Å²) < 4.78 is 7.27. The molecule has 2 aromatic carbocycles. The first kappa shape index (κ1) is 20.4. The molecule has 0 N–H and O–H groups in total. The van der Waals surface area contributed by atoms with Gasteiger partial charge in [-0.2, -0.15) is 0 Å². The van der Waals surface area contributed by atoms with E-state index in [2.05, 4.69) is 9.97 Å². The van der Waals surface area contributed by atoms with Crippen LogP contribution in [0.4, 0.5) is 0 Å². The van der Waals surface area contributed by atoms with Crippen LogP contribution >= 0.6 is 11.3 Å². The highest BCUT2D eigenvalue weighted by atomic mass is 32.1. The number of para-hydroxylation sites is 2. The van der Waals surface area contributed by atoms with E-state index < -0.39 is 0 Å². The Morgan fingerprint density at radius 3 is 2.68 bits per heavy atom. The molecule has 0 spiro atoms. The Bertz CT molecular complexity index is 1350. The molecule has 0 amide bonds. The van der Waals surface area contributed by atoms with Gasteiger partial charge in [-0.1, -0.05) is 30.3 Å². The topological polar surface area (TPSA) is 74.1 Å². The molecule has 2 heterocycles. The predicted octanol–water partition coefficient (Wildman–Crippen LogP) is 4.49. The lowest BCUT2D eigenvalue weighted by molar-refractivity contribution is -0.110. The zero-order valence-electron chi connectivity index (χ0n) is 16.8. The number of nitrogens with zero attached hydrogens (tertiary/aromatic N) is 3. The Balaban J connectivity index is 1.47. The van der Waals surface area contributed by atoms with Crippen LogP contribution in [-0.2, 0) is 11.5 Å². The average molecular weight is 430 g/mol. The minimum Gasteiger partial charge on any atom is -0.472 e. The van der Waals surface area contributed by atoms with E-state index in [0.717, 1.165) is 16.1 Å². The summed E-state index contributed by atoms with van der Waals surface area (Å²) in [6, 6.07) is 14.5. The molecule has 154 valence electrons. The van der Waals surface area contributed by atoms with Gasteiger partial charge in [-0.3, -0.25) is 14.2 Å². The van der Waals surface area contributed by atoms with Crippen LogP contribution in [0.1, 0.15) is 16.1 Å². The Hall–Kier alpha value is -3.84. The normalized spacial score (nSPS) is 11.5. The van der Waals surface area contributed by atoms with E-state index in [1.165, 1.54) is 34.4 Å². The van der Waals surface area contributed by atoms with Crippen LogP contribution in [-0.4, -0.2) is 20.3 Å². The van der Waals surface area contributed by atoms with Gasteiger partial charge in [0.25, 0.3) is 5.56 Å². The maximum absolute atomic E-state index is 12.6. The third kappa shape index (κ3) is 4.84. The summed E-state index contributed by atoms with van der Waals surface area (Å²) in [4.78, 5) is 34.2. The Labute approximate surface area is 182 Å². The molecule has 0 aliphatic heterocycles. The lowest BCUT2D eigenvalue weighted by atomic mass is 10.1. The van der Waals surface area contributed by atoms with Crippen molar-refractivity contribution in [3.63, 3.8) is 0 Å². The van der Waals surface area contributed by atoms with E-state index in [4.69, 9.17) is 4.74 Å². The highest BCUT2D eigenvalue weighted by Crippen LogP contribution is 2.20. The van der Waals surface area contributed by atoms with Gasteiger partial charge in [-0.05, 0) is 49.4 Å². The van der Waals surface area contributed by atoms with Gasteiger partial charge in [-0.15, -0.1) is 11.3 Å². The van der Waals surface area contributed by atoms with Crippen molar-refractivity contribution in [3.05, 3.63) is 99.0 Å². The highest BCUT2D eigenvalue weighted by Gasteiger charge is 2.06. The van der Waals surface area contributed by atoms with Gasteiger partial charge in [0.05, 0.1) is 22.1 Å². The zero-order valence-corrected chi connectivity index (χ0v) is 17.6. The van der Waals surface area contributed by atoms with Crippen molar-refractivity contribution in [3.8, 4) is 5.75 Å². The van der Waals surface area contributed by atoms with Crippen LogP contribution in [0.5, 0.6) is 5.75 Å². The second-order valence-electron chi connectivity index (χ2n) is 6.72. The molecule has 0 saturated heterocycles. The van der Waals surface area contributed by atoms with Crippen molar-refractivity contribution in [2.45, 2.75) is 13.7 Å². The van der Waals surface area contributed by atoms with Gasteiger partial charge in [0.15, 0.2) is 12.5 Å². The van der Waals surface area contributed by atoms with Crippen LogP contribution in [0.15, 0.2) is 77.3 Å². The van der Waals surface area contributed by atoms with Gasteiger partial charge >= 0.3 is 0 Å². The largest absolute Gasteiger partial charge is 0.472 e. The SMILES string of the molecule is Cc1ncsc1/C=C/C(=O)/C=C/c1ccccc1OCn1cnc2ccccc2c1=O. The zero-order chi connectivity index (χ0) is 21.6. The Morgan fingerprint density at radius 1 is 1.06 bits per heavy atom. The van der Waals surface area contributed by atoms with Crippen LogP contribution < -0.4 is 10.3 Å². The van der Waals surface area contributed by atoms with Gasteiger partial charge in [0, 0.05) is 10.4 Å². The van der Waals surface area contributed by atoms with Crippen molar-refractivity contribution in [1.29, 1.82) is 0 Å². The van der Waals surface area contributed by atoms with Crippen molar-refractivity contribution < 1.29 is 9.53 Å². The molecule has 0 unspecified atom stereocenters. The standard InChI is InChI=1S/C24H19N3O3S/c1-17-23(31-15-26-17)13-12-19(28)11-10-18-6-2-5-9-22(18)30-16-27-14-25-21-8-4-3-7-20(21)24(27)29/h2-15H,16H2,1H3/b11-10+,13-12+. The second-order valence-corrected chi connectivity index (χ2v) is 7.61. The van der Waals surface area contributed by atoms with Crippen LogP contribution in [0.25, 0.3) is 23.1 Å². The fourth-order valence-corrected chi connectivity index (χ4v) is 3.64. The van der Waals surface area contributed by atoms with E-state index in [1.54, 1.807) is 41.9 Å². The smallest absolute Gasteiger partial charge is 0.263 e. The molecule has 0 fully saturated rings. The molecule has 0 bridgehead atoms. The molecule has 31 heavy (non-hydrogen) atoms. The van der Waals surface area contributed by atoms with Gasteiger partial charge in [0.1, 0.15) is 12.1 Å². The number of hydrogen-bond donors (Lipinski definition) is 0. The third-order valence-electron chi connectivity index (χ3n) is 4.62. The maximum atomic E-state index is 12.6. The summed E-state index contributed by atoms with van der Waals surface area (Å²) in [6.45, 7) is 1.92. The molecular weight excluding hydrogens is 410 g/mol. The molecule has 0 aliphatic carbocycles. The molecule has 6 nitrogen and oxygen atoms in total.